The molecule has 0 saturated heterocycles. The van der Waals surface area contributed by atoms with E-state index in [1.54, 1.807) is 0 Å². The van der Waals surface area contributed by atoms with Gasteiger partial charge in [-0.3, -0.25) is 0 Å². The smallest absolute Gasteiger partial charge is 0.342 e. The molecule has 1 atom stereocenters. The van der Waals surface area contributed by atoms with Crippen molar-refractivity contribution in [3.05, 3.63) is 6.04 Å². The van der Waals surface area contributed by atoms with Crippen molar-refractivity contribution in [2.24, 2.45) is 11.8 Å². The van der Waals surface area contributed by atoms with E-state index in [2.05, 4.69) is 33.7 Å². The summed E-state index contributed by atoms with van der Waals surface area (Å²) in [5.41, 5.74) is 0. The molecule has 1 saturated carbocycles. The van der Waals surface area contributed by atoms with Crippen LogP contribution < -0.4 is 0 Å². The Bertz CT molecular complexity index is 258. The zero-order valence-electron chi connectivity index (χ0n) is 15.5. The highest BCUT2D eigenvalue weighted by molar-refractivity contribution is 6.71. The van der Waals surface area contributed by atoms with Crippen LogP contribution in [0.2, 0.25) is 6.04 Å². The molecule has 1 aliphatic carbocycles. The number of rotatable bonds is 12. The molecule has 0 N–H and O–H groups in total. The minimum atomic E-state index is -2.14. The molecule has 0 heterocycles. The van der Waals surface area contributed by atoms with E-state index < -0.39 is 8.56 Å². The molecule has 2 nitrogen and oxygen atoms in total. The zero-order valence-corrected chi connectivity index (χ0v) is 16.5. The van der Waals surface area contributed by atoms with Crippen LogP contribution in [0, 0.1) is 17.9 Å². The average molecular weight is 328 g/mol. The highest BCUT2D eigenvalue weighted by atomic mass is 28.4. The fourth-order valence-electron chi connectivity index (χ4n) is 3.82. The SMILES string of the molecule is CCCCC(CC)C[Si]([CH]C1CCCCC1)(OCC)OCC. The average Bonchev–Trinajstić information content (AvgIpc) is 2.53. The second kappa shape index (κ2) is 11.6. The van der Waals surface area contributed by atoms with Gasteiger partial charge in [-0.25, -0.2) is 0 Å². The lowest BCUT2D eigenvalue weighted by Gasteiger charge is -2.36. The first-order valence-corrected chi connectivity index (χ1v) is 11.9. The number of hydrogen-bond acceptors (Lipinski definition) is 2. The second-order valence-corrected chi connectivity index (χ2v) is 9.81. The van der Waals surface area contributed by atoms with Gasteiger partial charge in [0.05, 0.1) is 0 Å². The molecular formula is C19H39O2Si. The predicted molar refractivity (Wildman–Crippen MR) is 98.0 cm³/mol. The standard InChI is InChI=1S/C19H39O2Si/c1-5-9-13-18(6-2)16-22(20-7-3,21-8-4)17-19-14-11-10-12-15-19/h17-19H,5-16H2,1-4H3. The van der Waals surface area contributed by atoms with E-state index in [0.29, 0.717) is 0 Å². The third kappa shape index (κ3) is 7.14. The Morgan fingerprint density at radius 1 is 1.00 bits per heavy atom. The van der Waals surface area contributed by atoms with Crippen LogP contribution in [0.5, 0.6) is 0 Å². The summed E-state index contributed by atoms with van der Waals surface area (Å²) < 4.78 is 12.7. The Kier molecular flexibility index (Phi) is 10.7. The Morgan fingerprint density at radius 3 is 2.14 bits per heavy atom. The summed E-state index contributed by atoms with van der Waals surface area (Å²) in [6.07, 6.45) is 12.1. The van der Waals surface area contributed by atoms with E-state index >= 15 is 0 Å². The van der Waals surface area contributed by atoms with Crippen molar-refractivity contribution >= 4 is 8.56 Å². The highest BCUT2D eigenvalue weighted by Crippen LogP contribution is 2.35. The van der Waals surface area contributed by atoms with Gasteiger partial charge in [0.2, 0.25) is 0 Å². The van der Waals surface area contributed by atoms with Gasteiger partial charge in [-0.15, -0.1) is 0 Å². The first-order valence-electron chi connectivity index (χ1n) is 9.83. The summed E-state index contributed by atoms with van der Waals surface area (Å²) in [6.45, 7) is 10.5. The molecular weight excluding hydrogens is 288 g/mol. The number of hydrogen-bond donors (Lipinski definition) is 0. The summed E-state index contributed by atoms with van der Waals surface area (Å²) in [6, 6.07) is 3.75. The van der Waals surface area contributed by atoms with Crippen molar-refractivity contribution in [1.82, 2.24) is 0 Å². The van der Waals surface area contributed by atoms with Gasteiger partial charge in [0.1, 0.15) is 0 Å². The maximum Gasteiger partial charge on any atom is 0.342 e. The molecule has 0 aromatic heterocycles. The summed E-state index contributed by atoms with van der Waals surface area (Å²) in [4.78, 5) is 0. The quantitative estimate of drug-likeness (QED) is 0.407. The van der Waals surface area contributed by atoms with Gasteiger partial charge in [0, 0.05) is 19.3 Å². The van der Waals surface area contributed by atoms with Crippen LogP contribution >= 0.6 is 0 Å². The Morgan fingerprint density at radius 2 is 1.64 bits per heavy atom. The Balaban J connectivity index is 2.72. The van der Waals surface area contributed by atoms with Crippen LogP contribution in [0.4, 0.5) is 0 Å². The van der Waals surface area contributed by atoms with E-state index in [1.807, 2.05) is 0 Å². The van der Waals surface area contributed by atoms with Crippen molar-refractivity contribution in [3.8, 4) is 0 Å². The fraction of sp³-hybridized carbons (Fsp3) is 0.947. The van der Waals surface area contributed by atoms with Gasteiger partial charge in [-0.05, 0) is 31.7 Å². The topological polar surface area (TPSA) is 18.5 Å². The third-order valence-corrected chi connectivity index (χ3v) is 8.71. The van der Waals surface area contributed by atoms with Crippen LogP contribution in [0.15, 0.2) is 0 Å². The zero-order chi connectivity index (χ0) is 16.3. The molecule has 0 aromatic carbocycles. The van der Waals surface area contributed by atoms with Gasteiger partial charge in [-0.2, -0.15) is 0 Å². The summed E-state index contributed by atoms with van der Waals surface area (Å²) >= 11 is 0. The van der Waals surface area contributed by atoms with Gasteiger partial charge >= 0.3 is 8.56 Å². The molecule has 22 heavy (non-hydrogen) atoms. The van der Waals surface area contributed by atoms with Crippen LogP contribution in [0.25, 0.3) is 0 Å². The maximum atomic E-state index is 6.35. The largest absolute Gasteiger partial charge is 0.394 e. The van der Waals surface area contributed by atoms with Gasteiger partial charge in [-0.1, -0.05) is 71.6 Å². The van der Waals surface area contributed by atoms with E-state index in [9.17, 15) is 0 Å². The molecule has 0 amide bonds. The van der Waals surface area contributed by atoms with E-state index in [4.69, 9.17) is 8.85 Å². The Labute approximate surface area is 140 Å². The van der Waals surface area contributed by atoms with Crippen molar-refractivity contribution < 1.29 is 8.85 Å². The summed E-state index contributed by atoms with van der Waals surface area (Å²) in [7, 11) is -2.14. The van der Waals surface area contributed by atoms with Crippen molar-refractivity contribution in [1.29, 1.82) is 0 Å². The summed E-state index contributed by atoms with van der Waals surface area (Å²) in [5, 5.41) is 0. The summed E-state index contributed by atoms with van der Waals surface area (Å²) in [5.74, 6) is 1.51. The highest BCUT2D eigenvalue weighted by Gasteiger charge is 2.41. The first kappa shape index (κ1) is 20.2. The molecule has 0 bridgehead atoms. The monoisotopic (exact) mass is 327 g/mol. The van der Waals surface area contributed by atoms with Gasteiger partial charge in [0.15, 0.2) is 0 Å². The van der Waals surface area contributed by atoms with Crippen molar-refractivity contribution in [2.75, 3.05) is 13.2 Å². The van der Waals surface area contributed by atoms with E-state index in [-0.39, 0.29) is 0 Å². The minimum Gasteiger partial charge on any atom is -0.394 e. The predicted octanol–water partition coefficient (Wildman–Crippen LogP) is 6.04. The first-order chi connectivity index (χ1) is 10.7. The molecule has 1 radical (unpaired) electrons. The van der Waals surface area contributed by atoms with E-state index in [1.165, 1.54) is 63.8 Å². The van der Waals surface area contributed by atoms with Crippen LogP contribution in [-0.2, 0) is 8.85 Å². The molecule has 131 valence electrons. The van der Waals surface area contributed by atoms with Crippen LogP contribution in [0.1, 0.15) is 85.5 Å². The van der Waals surface area contributed by atoms with Gasteiger partial charge < -0.3 is 8.85 Å². The number of unbranched alkanes of at least 4 members (excludes halogenated alkanes) is 1. The maximum absolute atomic E-state index is 6.35. The van der Waals surface area contributed by atoms with Crippen molar-refractivity contribution in [3.63, 3.8) is 0 Å². The molecule has 1 unspecified atom stereocenters. The van der Waals surface area contributed by atoms with E-state index in [0.717, 1.165) is 25.0 Å². The molecule has 0 aromatic rings. The second-order valence-electron chi connectivity index (χ2n) is 6.86. The van der Waals surface area contributed by atoms with Crippen LogP contribution in [0.3, 0.4) is 0 Å². The molecule has 1 aliphatic rings. The lowest BCUT2D eigenvalue weighted by molar-refractivity contribution is 0.177. The molecule has 3 heteroatoms. The van der Waals surface area contributed by atoms with Crippen molar-refractivity contribution in [2.45, 2.75) is 91.5 Å². The van der Waals surface area contributed by atoms with Crippen LogP contribution in [-0.4, -0.2) is 21.8 Å². The molecule has 1 rings (SSSR count). The fourth-order valence-corrected chi connectivity index (χ4v) is 7.79. The minimum absolute atomic E-state index is 0.738. The lowest BCUT2D eigenvalue weighted by Crippen LogP contribution is -2.47. The lowest BCUT2D eigenvalue weighted by atomic mass is 9.91. The van der Waals surface area contributed by atoms with Gasteiger partial charge in [0.25, 0.3) is 0 Å². The Hall–Kier alpha value is 0.137. The molecule has 0 spiro atoms. The third-order valence-electron chi connectivity index (χ3n) is 5.03. The molecule has 1 fully saturated rings. The molecule has 0 aliphatic heterocycles. The normalized spacial score (nSPS) is 18.5.